The number of piperidine rings is 1. The molecule has 3 heterocycles. The first-order chi connectivity index (χ1) is 20.3. The second-order valence-corrected chi connectivity index (χ2v) is 17.9. The molecule has 222 valence electrons. The van der Waals surface area contributed by atoms with Crippen LogP contribution in [0.2, 0.25) is 31.0 Å². The minimum Gasteiger partial charge on any atom is -0.445 e. The Labute approximate surface area is 253 Å². The van der Waals surface area contributed by atoms with Crippen molar-refractivity contribution in [3.05, 3.63) is 77.8 Å². The van der Waals surface area contributed by atoms with Crippen molar-refractivity contribution < 1.29 is 14.3 Å². The molecule has 5 rings (SSSR count). The average molecular weight is 607 g/mol. The van der Waals surface area contributed by atoms with Gasteiger partial charge in [0.25, 0.3) is 0 Å². The summed E-state index contributed by atoms with van der Waals surface area (Å²) in [6.07, 6.45) is 5.03. The molecule has 0 bridgehead atoms. The quantitative estimate of drug-likeness (QED) is 0.103. The number of halogens is 1. The molecule has 1 saturated heterocycles. The van der Waals surface area contributed by atoms with Gasteiger partial charge in [0.05, 0.1) is 17.4 Å². The maximum atomic E-state index is 12.7. The van der Waals surface area contributed by atoms with Gasteiger partial charge in [0, 0.05) is 45.9 Å². The number of likely N-dealkylation sites (tertiary alicyclic amines) is 1. The molecule has 0 aliphatic carbocycles. The number of carbonyl (C=O) groups is 1. The summed E-state index contributed by atoms with van der Waals surface area (Å²) in [5, 5.41) is 5.88. The summed E-state index contributed by atoms with van der Waals surface area (Å²) < 4.78 is 13.5. The molecule has 1 fully saturated rings. The highest BCUT2D eigenvalue weighted by atomic mass is 35.5. The van der Waals surface area contributed by atoms with E-state index in [0.717, 1.165) is 60.0 Å². The van der Waals surface area contributed by atoms with Crippen LogP contribution in [0, 0.1) is 5.92 Å². The smallest absolute Gasteiger partial charge is 0.410 e. The van der Waals surface area contributed by atoms with Crippen LogP contribution in [0.3, 0.4) is 0 Å². The van der Waals surface area contributed by atoms with Crippen LogP contribution in [0.4, 0.5) is 16.3 Å². The van der Waals surface area contributed by atoms with E-state index >= 15 is 0 Å². The molecule has 0 atom stereocenters. The first kappa shape index (κ1) is 30.0. The van der Waals surface area contributed by atoms with E-state index in [4.69, 9.17) is 21.1 Å². The van der Waals surface area contributed by atoms with Crippen LogP contribution < -0.4 is 4.90 Å². The number of benzene rings is 2. The highest BCUT2D eigenvalue weighted by Gasteiger charge is 2.27. The van der Waals surface area contributed by atoms with Crippen LogP contribution in [-0.2, 0) is 22.8 Å². The number of aromatic nitrogens is 4. The van der Waals surface area contributed by atoms with Gasteiger partial charge in [-0.2, -0.15) is 5.10 Å². The summed E-state index contributed by atoms with van der Waals surface area (Å²) in [4.78, 5) is 25.4. The summed E-state index contributed by atoms with van der Waals surface area (Å²) >= 11 is 6.24. The lowest BCUT2D eigenvalue weighted by Crippen LogP contribution is -2.41. The van der Waals surface area contributed by atoms with Crippen molar-refractivity contribution in [2.45, 2.75) is 51.9 Å². The van der Waals surface area contributed by atoms with Gasteiger partial charge in [0.2, 0.25) is 5.28 Å². The zero-order valence-corrected chi connectivity index (χ0v) is 26.3. The molecule has 0 unspecified atom stereocenters. The van der Waals surface area contributed by atoms with Crippen molar-refractivity contribution in [3.63, 3.8) is 0 Å². The Balaban J connectivity index is 1.28. The largest absolute Gasteiger partial charge is 0.445 e. The third kappa shape index (κ3) is 7.87. The summed E-state index contributed by atoms with van der Waals surface area (Å²) in [6, 6.07) is 18.9. The van der Waals surface area contributed by atoms with Crippen molar-refractivity contribution in [3.8, 4) is 0 Å². The normalized spacial score (nSPS) is 14.3. The van der Waals surface area contributed by atoms with Crippen LogP contribution in [0.1, 0.15) is 18.4 Å². The first-order valence-corrected chi connectivity index (χ1v) is 18.6. The third-order valence-electron chi connectivity index (χ3n) is 7.57. The number of fused-ring (bicyclic) bond motifs is 1. The Hall–Kier alpha value is -3.47. The van der Waals surface area contributed by atoms with Crippen molar-refractivity contribution in [1.29, 1.82) is 0 Å². The molecular formula is C31H39ClN6O3Si. The SMILES string of the molecule is C[Si](C)(C)CCOCn1ncc2c(N(CC3CCN(C(=O)OCc4ccccc4)CC3)c3ccnc(Cl)n3)cccc21. The fourth-order valence-corrected chi connectivity index (χ4v) is 6.01. The zero-order valence-electron chi connectivity index (χ0n) is 24.6. The van der Waals surface area contributed by atoms with E-state index in [1.807, 2.05) is 53.3 Å². The summed E-state index contributed by atoms with van der Waals surface area (Å²) in [5.41, 5.74) is 2.98. The fraction of sp³-hybridized carbons (Fsp3) is 0.419. The second-order valence-electron chi connectivity index (χ2n) is 12.0. The fourth-order valence-electron chi connectivity index (χ4n) is 5.11. The molecule has 1 aliphatic rings. The Morgan fingerprint density at radius 3 is 2.60 bits per heavy atom. The van der Waals surface area contributed by atoms with E-state index in [1.54, 1.807) is 11.1 Å². The average Bonchev–Trinajstić information content (AvgIpc) is 3.40. The van der Waals surface area contributed by atoms with E-state index in [1.165, 1.54) is 0 Å². The van der Waals surface area contributed by atoms with Crippen LogP contribution in [0.25, 0.3) is 10.9 Å². The lowest BCUT2D eigenvalue weighted by atomic mass is 9.96. The highest BCUT2D eigenvalue weighted by Crippen LogP contribution is 2.34. The number of hydrogen-bond donors (Lipinski definition) is 0. The molecule has 4 aromatic rings. The molecule has 9 nitrogen and oxygen atoms in total. The third-order valence-corrected chi connectivity index (χ3v) is 9.46. The zero-order chi connectivity index (χ0) is 29.5. The molecule has 11 heteroatoms. The van der Waals surface area contributed by atoms with Gasteiger partial charge >= 0.3 is 6.09 Å². The summed E-state index contributed by atoms with van der Waals surface area (Å²) in [5.74, 6) is 1.07. The van der Waals surface area contributed by atoms with Gasteiger partial charge in [0.15, 0.2) is 0 Å². The van der Waals surface area contributed by atoms with Gasteiger partial charge in [0.1, 0.15) is 19.2 Å². The van der Waals surface area contributed by atoms with Crippen LogP contribution in [0.15, 0.2) is 67.0 Å². The predicted molar refractivity (Wildman–Crippen MR) is 169 cm³/mol. The van der Waals surface area contributed by atoms with E-state index in [-0.39, 0.29) is 18.0 Å². The van der Waals surface area contributed by atoms with Gasteiger partial charge < -0.3 is 19.3 Å². The van der Waals surface area contributed by atoms with E-state index in [9.17, 15) is 4.79 Å². The molecule has 2 aromatic carbocycles. The van der Waals surface area contributed by atoms with Crippen molar-refractivity contribution in [2.24, 2.45) is 5.92 Å². The summed E-state index contributed by atoms with van der Waals surface area (Å²) in [7, 11) is -1.16. The Morgan fingerprint density at radius 2 is 1.86 bits per heavy atom. The standard InChI is InChI=1S/C31H39ClN6O3Si/c1-42(2,3)19-18-40-23-38-28-11-7-10-27(26(28)20-34-38)37(29-12-15-33-30(32)35-29)21-24-13-16-36(17-14-24)31(39)41-22-25-8-5-4-6-9-25/h4-12,15,20,24H,13-14,16-19,21-23H2,1-3H3. The van der Waals surface area contributed by atoms with E-state index in [2.05, 4.69) is 51.7 Å². The Morgan fingerprint density at radius 1 is 1.07 bits per heavy atom. The number of amides is 1. The van der Waals surface area contributed by atoms with Crippen LogP contribution in [0.5, 0.6) is 0 Å². The lowest BCUT2D eigenvalue weighted by Gasteiger charge is -2.35. The number of rotatable bonds is 11. The molecule has 0 spiro atoms. The van der Waals surface area contributed by atoms with Crippen LogP contribution in [-0.4, -0.2) is 65.1 Å². The monoisotopic (exact) mass is 606 g/mol. The first-order valence-electron chi connectivity index (χ1n) is 14.5. The minimum absolute atomic E-state index is 0.201. The Bertz CT molecular complexity index is 1470. The van der Waals surface area contributed by atoms with Crippen molar-refractivity contribution in [1.82, 2.24) is 24.6 Å². The van der Waals surface area contributed by atoms with E-state index < -0.39 is 8.07 Å². The second kappa shape index (κ2) is 13.7. The predicted octanol–water partition coefficient (Wildman–Crippen LogP) is 6.98. The highest BCUT2D eigenvalue weighted by molar-refractivity contribution is 6.76. The molecule has 2 aromatic heterocycles. The molecule has 42 heavy (non-hydrogen) atoms. The van der Waals surface area contributed by atoms with Gasteiger partial charge in [-0.1, -0.05) is 56.0 Å². The van der Waals surface area contributed by atoms with Gasteiger partial charge in [-0.25, -0.2) is 19.4 Å². The van der Waals surface area contributed by atoms with Crippen molar-refractivity contribution in [2.75, 3.05) is 31.1 Å². The van der Waals surface area contributed by atoms with E-state index in [0.29, 0.717) is 25.7 Å². The van der Waals surface area contributed by atoms with Crippen LogP contribution >= 0.6 is 11.6 Å². The van der Waals surface area contributed by atoms with Gasteiger partial charge in [-0.15, -0.1) is 0 Å². The topological polar surface area (TPSA) is 85.6 Å². The Kier molecular flexibility index (Phi) is 9.76. The number of hydrogen-bond acceptors (Lipinski definition) is 7. The summed E-state index contributed by atoms with van der Waals surface area (Å²) in [6.45, 7) is 10.5. The molecule has 0 radical (unpaired) electrons. The number of ether oxygens (including phenoxy) is 2. The molecule has 1 amide bonds. The minimum atomic E-state index is -1.16. The maximum absolute atomic E-state index is 12.7. The maximum Gasteiger partial charge on any atom is 0.410 e. The molecule has 0 N–H and O–H groups in total. The number of nitrogens with zero attached hydrogens (tertiary/aromatic N) is 6. The molecule has 1 aliphatic heterocycles. The number of carbonyl (C=O) groups excluding carboxylic acids is 1. The number of anilines is 2. The van der Waals surface area contributed by atoms with Gasteiger partial charge in [-0.05, 0) is 60.2 Å². The van der Waals surface area contributed by atoms with Gasteiger partial charge in [-0.3, -0.25) is 0 Å². The van der Waals surface area contributed by atoms with Crippen molar-refractivity contribution >= 4 is 48.2 Å². The lowest BCUT2D eigenvalue weighted by molar-refractivity contribution is 0.0816. The molecule has 0 saturated carbocycles. The molecular weight excluding hydrogens is 568 g/mol.